The van der Waals surface area contributed by atoms with Crippen molar-refractivity contribution in [2.45, 2.75) is 24.3 Å². The Labute approximate surface area is 189 Å². The van der Waals surface area contributed by atoms with Gasteiger partial charge in [-0.2, -0.15) is 0 Å². The van der Waals surface area contributed by atoms with Crippen molar-refractivity contribution in [3.8, 4) is 17.2 Å². The van der Waals surface area contributed by atoms with E-state index in [-0.39, 0.29) is 5.56 Å². The minimum Gasteiger partial charge on any atom is -0.493 e. The number of ether oxygens (including phenoxy) is 2. The number of nitrogens with one attached hydrogen (secondary N) is 2. The lowest BCUT2D eigenvalue weighted by atomic mass is 10.2. The van der Waals surface area contributed by atoms with E-state index in [0.29, 0.717) is 39.8 Å². The summed E-state index contributed by atoms with van der Waals surface area (Å²) in [7, 11) is 3.03. The first-order valence-electron chi connectivity index (χ1n) is 9.89. The molecule has 9 nitrogen and oxygen atoms in total. The summed E-state index contributed by atoms with van der Waals surface area (Å²) in [4.78, 5) is 42.2. The van der Waals surface area contributed by atoms with Crippen LogP contribution in [0.4, 0.5) is 4.79 Å². The molecule has 1 atom stereocenters. The fourth-order valence-electron chi connectivity index (χ4n) is 3.01. The van der Waals surface area contributed by atoms with E-state index in [0.717, 1.165) is 11.8 Å². The molecule has 0 aliphatic carbocycles. The van der Waals surface area contributed by atoms with Crippen LogP contribution in [-0.2, 0) is 4.79 Å². The number of hydrogen-bond acceptors (Lipinski definition) is 7. The summed E-state index contributed by atoms with van der Waals surface area (Å²) >= 11 is 1.07. The Morgan fingerprint density at radius 2 is 1.84 bits per heavy atom. The Hall–Kier alpha value is -3.53. The molecule has 168 valence electrons. The van der Waals surface area contributed by atoms with Crippen LogP contribution >= 0.6 is 11.8 Å². The maximum absolute atomic E-state index is 13.4. The molecule has 0 fully saturated rings. The number of fused-ring (bicyclic) bond motifs is 1. The van der Waals surface area contributed by atoms with Crippen LogP contribution < -0.4 is 25.7 Å². The molecule has 2 N–H and O–H groups in total. The molecule has 0 saturated heterocycles. The van der Waals surface area contributed by atoms with Gasteiger partial charge < -0.3 is 14.8 Å². The number of thioether (sulfide) groups is 1. The topological polar surface area (TPSA) is 112 Å². The molecule has 0 saturated carbocycles. The first-order chi connectivity index (χ1) is 15.4. The van der Waals surface area contributed by atoms with Gasteiger partial charge in [-0.25, -0.2) is 9.78 Å². The lowest BCUT2D eigenvalue weighted by molar-refractivity contribution is -0.119. The van der Waals surface area contributed by atoms with Gasteiger partial charge in [-0.1, -0.05) is 23.9 Å². The van der Waals surface area contributed by atoms with Crippen LogP contribution in [0, 0.1) is 0 Å². The predicted octanol–water partition coefficient (Wildman–Crippen LogP) is 2.73. The summed E-state index contributed by atoms with van der Waals surface area (Å²) in [6.45, 7) is 3.79. The van der Waals surface area contributed by atoms with E-state index in [1.54, 1.807) is 56.3 Å². The molecule has 1 aromatic heterocycles. The number of carbonyl (C=O) groups is 2. The Kier molecular flexibility index (Phi) is 7.37. The maximum atomic E-state index is 13.4. The van der Waals surface area contributed by atoms with Crippen molar-refractivity contribution in [3.05, 3.63) is 52.8 Å². The van der Waals surface area contributed by atoms with Crippen LogP contribution in [0.3, 0.4) is 0 Å². The molecular formula is C22H24N4O5S. The highest BCUT2D eigenvalue weighted by atomic mass is 32.2. The molecule has 2 aromatic carbocycles. The molecule has 1 unspecified atom stereocenters. The highest BCUT2D eigenvalue weighted by molar-refractivity contribution is 8.00. The van der Waals surface area contributed by atoms with Gasteiger partial charge in [-0.05, 0) is 38.1 Å². The fourth-order valence-corrected chi connectivity index (χ4v) is 3.94. The van der Waals surface area contributed by atoms with E-state index in [9.17, 15) is 14.4 Å². The summed E-state index contributed by atoms with van der Waals surface area (Å²) in [6.07, 6.45) is 0. The average molecular weight is 457 g/mol. The average Bonchev–Trinajstić information content (AvgIpc) is 2.79. The summed E-state index contributed by atoms with van der Waals surface area (Å²) < 4.78 is 12.1. The minimum atomic E-state index is -0.697. The Morgan fingerprint density at radius 1 is 1.12 bits per heavy atom. The third kappa shape index (κ3) is 4.86. The van der Waals surface area contributed by atoms with Crippen molar-refractivity contribution in [3.63, 3.8) is 0 Å². The smallest absolute Gasteiger partial charge is 0.321 e. The van der Waals surface area contributed by atoms with Crippen LogP contribution in [0.5, 0.6) is 11.5 Å². The second-order valence-corrected chi connectivity index (χ2v) is 8.01. The van der Waals surface area contributed by atoms with Gasteiger partial charge in [0.05, 0.1) is 36.1 Å². The van der Waals surface area contributed by atoms with Crippen molar-refractivity contribution in [2.24, 2.45) is 0 Å². The number of amides is 3. The van der Waals surface area contributed by atoms with Crippen molar-refractivity contribution >= 4 is 34.6 Å². The number of methoxy groups -OCH3 is 2. The molecule has 0 radical (unpaired) electrons. The Bertz CT molecular complexity index is 1210. The molecule has 3 aromatic rings. The van der Waals surface area contributed by atoms with Crippen molar-refractivity contribution in [1.29, 1.82) is 0 Å². The zero-order chi connectivity index (χ0) is 23.3. The third-order valence-electron chi connectivity index (χ3n) is 4.60. The van der Waals surface area contributed by atoms with Crippen LogP contribution in [0.2, 0.25) is 0 Å². The van der Waals surface area contributed by atoms with Crippen LogP contribution in [0.25, 0.3) is 16.6 Å². The standard InChI is InChI=1S/C22H24N4O5S/c1-5-23-21(29)25-19(27)13(2)32-22-24-16-9-7-6-8-15(16)20(28)26(22)14-10-11-17(30-3)18(12-14)31-4/h6-13H,5H2,1-4H3,(H2,23,25,27,29). The van der Waals surface area contributed by atoms with E-state index in [4.69, 9.17) is 9.47 Å². The number of imide groups is 1. The van der Waals surface area contributed by atoms with Gasteiger partial charge in [0.1, 0.15) is 0 Å². The SMILES string of the molecule is CCNC(=O)NC(=O)C(C)Sc1nc2ccccc2c(=O)n1-c1ccc(OC)c(OC)c1. The fraction of sp³-hybridized carbons (Fsp3) is 0.273. The summed E-state index contributed by atoms with van der Waals surface area (Å²) in [5.74, 6) is 0.465. The molecule has 0 aliphatic rings. The molecule has 32 heavy (non-hydrogen) atoms. The van der Waals surface area contributed by atoms with Gasteiger partial charge in [-0.3, -0.25) is 19.5 Å². The quantitative estimate of drug-likeness (QED) is 0.415. The molecule has 10 heteroatoms. The van der Waals surface area contributed by atoms with Crippen LogP contribution in [0.15, 0.2) is 52.4 Å². The molecule has 3 amide bonds. The minimum absolute atomic E-state index is 0.290. The second-order valence-electron chi connectivity index (χ2n) is 6.70. The van der Waals surface area contributed by atoms with Gasteiger partial charge >= 0.3 is 6.03 Å². The number of benzene rings is 2. The summed E-state index contributed by atoms with van der Waals surface area (Å²) in [5, 5.41) is 4.84. The number of rotatable bonds is 7. The Morgan fingerprint density at radius 3 is 2.53 bits per heavy atom. The van der Waals surface area contributed by atoms with Crippen molar-refractivity contribution < 1.29 is 19.1 Å². The normalized spacial score (nSPS) is 11.6. The van der Waals surface area contributed by atoms with Gasteiger partial charge in [0.15, 0.2) is 16.7 Å². The predicted molar refractivity (Wildman–Crippen MR) is 123 cm³/mol. The first-order valence-corrected chi connectivity index (χ1v) is 10.8. The van der Waals surface area contributed by atoms with E-state index < -0.39 is 17.2 Å². The monoisotopic (exact) mass is 456 g/mol. The van der Waals surface area contributed by atoms with Gasteiger partial charge in [0, 0.05) is 12.6 Å². The molecule has 0 spiro atoms. The molecule has 0 aliphatic heterocycles. The number of hydrogen-bond donors (Lipinski definition) is 2. The second kappa shape index (κ2) is 10.2. The third-order valence-corrected chi connectivity index (χ3v) is 5.65. The lowest BCUT2D eigenvalue weighted by Gasteiger charge is -2.17. The maximum Gasteiger partial charge on any atom is 0.321 e. The van der Waals surface area contributed by atoms with Crippen LogP contribution in [0.1, 0.15) is 13.8 Å². The number of para-hydroxylation sites is 1. The molecule has 1 heterocycles. The number of urea groups is 1. The van der Waals surface area contributed by atoms with E-state index in [1.165, 1.54) is 18.8 Å². The van der Waals surface area contributed by atoms with E-state index in [1.807, 2.05) is 0 Å². The number of nitrogens with zero attached hydrogens (tertiary/aromatic N) is 2. The van der Waals surface area contributed by atoms with E-state index >= 15 is 0 Å². The zero-order valence-corrected chi connectivity index (χ0v) is 19.0. The summed E-state index contributed by atoms with van der Waals surface area (Å²) in [5.41, 5.74) is 0.722. The van der Waals surface area contributed by atoms with Crippen molar-refractivity contribution in [2.75, 3.05) is 20.8 Å². The number of carbonyl (C=O) groups excluding carboxylic acids is 2. The highest BCUT2D eigenvalue weighted by Crippen LogP contribution is 2.31. The van der Waals surface area contributed by atoms with Crippen molar-refractivity contribution in [1.82, 2.24) is 20.2 Å². The van der Waals surface area contributed by atoms with Gasteiger partial charge in [-0.15, -0.1) is 0 Å². The zero-order valence-electron chi connectivity index (χ0n) is 18.2. The van der Waals surface area contributed by atoms with Crippen LogP contribution in [-0.4, -0.2) is 47.5 Å². The Balaban J connectivity index is 2.09. The highest BCUT2D eigenvalue weighted by Gasteiger charge is 2.22. The molecular weight excluding hydrogens is 432 g/mol. The lowest BCUT2D eigenvalue weighted by Crippen LogP contribution is -2.42. The van der Waals surface area contributed by atoms with Gasteiger partial charge in [0.25, 0.3) is 5.56 Å². The first kappa shape index (κ1) is 23.1. The summed E-state index contributed by atoms with van der Waals surface area (Å²) in [6, 6.07) is 11.5. The van der Waals surface area contributed by atoms with E-state index in [2.05, 4.69) is 15.6 Å². The molecule has 3 rings (SSSR count). The van der Waals surface area contributed by atoms with Gasteiger partial charge in [0.2, 0.25) is 5.91 Å². The molecule has 0 bridgehead atoms. The number of aromatic nitrogens is 2. The largest absolute Gasteiger partial charge is 0.493 e.